The van der Waals surface area contributed by atoms with Crippen LogP contribution < -0.4 is 14.4 Å². The number of likely N-dealkylation sites (tertiary alicyclic amines) is 1. The van der Waals surface area contributed by atoms with Crippen molar-refractivity contribution < 1.29 is 19.1 Å². The highest BCUT2D eigenvalue weighted by Gasteiger charge is 2.34. The molecule has 2 fully saturated rings. The van der Waals surface area contributed by atoms with Gasteiger partial charge in [0.1, 0.15) is 18.4 Å². The maximum atomic E-state index is 12.7. The maximum absolute atomic E-state index is 12.7. The molecule has 1 unspecified atom stereocenters. The Bertz CT molecular complexity index is 859. The molecule has 8 nitrogen and oxygen atoms in total. The fourth-order valence-corrected chi connectivity index (χ4v) is 3.63. The lowest BCUT2D eigenvalue weighted by Crippen LogP contribution is -2.42. The molecule has 2 aliphatic heterocycles. The van der Waals surface area contributed by atoms with Crippen LogP contribution in [0.5, 0.6) is 11.6 Å². The van der Waals surface area contributed by atoms with Gasteiger partial charge in [0.15, 0.2) is 0 Å². The standard InChI is InChI=1S/C21H24N4O4/c1-28-17-7-5-16(6-8-17)25-13-12-24(21(25)27)15-20(26)23-11-9-18(14-23)29-19-4-2-3-10-22-19/h2-8,10,18H,9,11-15H2,1H3. The monoisotopic (exact) mass is 396 g/mol. The van der Waals surface area contributed by atoms with Crippen LogP contribution in [0.15, 0.2) is 48.7 Å². The first kappa shape index (κ1) is 19.0. The normalized spacial score (nSPS) is 19.0. The Labute approximate surface area is 169 Å². The minimum atomic E-state index is -0.149. The number of pyridine rings is 1. The third kappa shape index (κ3) is 4.26. The second-order valence-corrected chi connectivity index (χ2v) is 7.09. The quantitative estimate of drug-likeness (QED) is 0.747. The van der Waals surface area contributed by atoms with Gasteiger partial charge in [-0.15, -0.1) is 0 Å². The Morgan fingerprint density at radius 2 is 1.97 bits per heavy atom. The largest absolute Gasteiger partial charge is 0.497 e. The van der Waals surface area contributed by atoms with E-state index in [1.807, 2.05) is 36.4 Å². The molecular formula is C21H24N4O4. The predicted octanol–water partition coefficient (Wildman–Crippen LogP) is 2.01. The highest BCUT2D eigenvalue weighted by molar-refractivity contribution is 5.96. The lowest BCUT2D eigenvalue weighted by atomic mass is 10.3. The molecule has 1 aromatic heterocycles. The first-order chi connectivity index (χ1) is 14.1. The number of aromatic nitrogens is 1. The van der Waals surface area contributed by atoms with Crippen LogP contribution in [0.4, 0.5) is 10.5 Å². The number of amides is 3. The van der Waals surface area contributed by atoms with E-state index in [1.165, 1.54) is 0 Å². The number of methoxy groups -OCH3 is 1. The molecule has 0 N–H and O–H groups in total. The molecule has 0 bridgehead atoms. The van der Waals surface area contributed by atoms with Gasteiger partial charge in [-0.25, -0.2) is 9.78 Å². The molecule has 0 radical (unpaired) electrons. The van der Waals surface area contributed by atoms with Crippen molar-refractivity contribution in [1.29, 1.82) is 0 Å². The van der Waals surface area contributed by atoms with E-state index in [0.29, 0.717) is 32.1 Å². The Hall–Kier alpha value is -3.29. The molecule has 1 aromatic carbocycles. The van der Waals surface area contributed by atoms with E-state index in [0.717, 1.165) is 17.9 Å². The number of carbonyl (C=O) groups excluding carboxylic acids is 2. The summed E-state index contributed by atoms with van der Waals surface area (Å²) in [5.74, 6) is 1.25. The van der Waals surface area contributed by atoms with Crippen molar-refractivity contribution >= 4 is 17.6 Å². The van der Waals surface area contributed by atoms with Crippen molar-refractivity contribution in [3.05, 3.63) is 48.7 Å². The zero-order valence-corrected chi connectivity index (χ0v) is 16.4. The summed E-state index contributed by atoms with van der Waals surface area (Å²) >= 11 is 0. The van der Waals surface area contributed by atoms with Crippen LogP contribution in [-0.4, -0.2) is 72.7 Å². The molecule has 8 heteroatoms. The van der Waals surface area contributed by atoms with Gasteiger partial charge in [0.05, 0.1) is 13.7 Å². The summed E-state index contributed by atoms with van der Waals surface area (Å²) in [6.45, 7) is 2.31. The Kier molecular flexibility index (Phi) is 5.50. The second kappa shape index (κ2) is 8.38. The summed E-state index contributed by atoms with van der Waals surface area (Å²) in [6.07, 6.45) is 2.37. The molecule has 2 aliphatic rings. The first-order valence-corrected chi connectivity index (χ1v) is 9.70. The molecule has 0 aliphatic carbocycles. The molecule has 2 saturated heterocycles. The highest BCUT2D eigenvalue weighted by atomic mass is 16.5. The molecule has 0 spiro atoms. The van der Waals surface area contributed by atoms with Crippen molar-refractivity contribution in [3.63, 3.8) is 0 Å². The van der Waals surface area contributed by atoms with Gasteiger partial charge < -0.3 is 19.3 Å². The van der Waals surface area contributed by atoms with Crippen LogP contribution in [0.25, 0.3) is 0 Å². The van der Waals surface area contributed by atoms with Crippen molar-refractivity contribution in [2.45, 2.75) is 12.5 Å². The Morgan fingerprint density at radius 3 is 2.69 bits per heavy atom. The number of nitrogens with zero attached hydrogens (tertiary/aromatic N) is 4. The van der Waals surface area contributed by atoms with E-state index in [1.54, 1.807) is 34.1 Å². The van der Waals surface area contributed by atoms with Gasteiger partial charge in [-0.05, 0) is 30.3 Å². The minimum absolute atomic E-state index is 0.0537. The van der Waals surface area contributed by atoms with E-state index >= 15 is 0 Å². The SMILES string of the molecule is COc1ccc(N2CCN(CC(=O)N3CCC(Oc4ccccn4)C3)C2=O)cc1. The molecule has 0 saturated carbocycles. The zero-order valence-electron chi connectivity index (χ0n) is 16.4. The van der Waals surface area contributed by atoms with Crippen LogP contribution >= 0.6 is 0 Å². The van der Waals surface area contributed by atoms with E-state index in [4.69, 9.17) is 9.47 Å². The fourth-order valence-electron chi connectivity index (χ4n) is 3.63. The molecule has 152 valence electrons. The third-order valence-corrected chi connectivity index (χ3v) is 5.23. The number of benzene rings is 1. The molecule has 1 atom stereocenters. The predicted molar refractivity (Wildman–Crippen MR) is 107 cm³/mol. The summed E-state index contributed by atoms with van der Waals surface area (Å²) in [5.41, 5.74) is 0.802. The number of urea groups is 1. The van der Waals surface area contributed by atoms with Gasteiger partial charge in [0.2, 0.25) is 11.8 Å². The summed E-state index contributed by atoms with van der Waals surface area (Å²) in [4.78, 5) is 34.6. The molecule has 4 rings (SSSR count). The van der Waals surface area contributed by atoms with Gasteiger partial charge in [-0.1, -0.05) is 6.07 Å². The Morgan fingerprint density at radius 1 is 1.14 bits per heavy atom. The van der Waals surface area contributed by atoms with Gasteiger partial charge in [0, 0.05) is 44.0 Å². The van der Waals surface area contributed by atoms with E-state index in [9.17, 15) is 9.59 Å². The smallest absolute Gasteiger partial charge is 0.325 e. The molecule has 3 heterocycles. The highest BCUT2D eigenvalue weighted by Crippen LogP contribution is 2.23. The van der Waals surface area contributed by atoms with Crippen LogP contribution in [0.3, 0.4) is 0 Å². The topological polar surface area (TPSA) is 75.2 Å². The molecule has 2 aromatic rings. The van der Waals surface area contributed by atoms with Crippen LogP contribution in [0.1, 0.15) is 6.42 Å². The van der Waals surface area contributed by atoms with Crippen molar-refractivity contribution in [2.75, 3.05) is 44.7 Å². The average Bonchev–Trinajstić information content (AvgIpc) is 3.36. The number of ether oxygens (including phenoxy) is 2. The molecule has 3 amide bonds. The maximum Gasteiger partial charge on any atom is 0.325 e. The van der Waals surface area contributed by atoms with E-state index in [2.05, 4.69) is 4.98 Å². The average molecular weight is 396 g/mol. The fraction of sp³-hybridized carbons (Fsp3) is 0.381. The lowest BCUT2D eigenvalue weighted by Gasteiger charge is -2.22. The van der Waals surface area contributed by atoms with E-state index in [-0.39, 0.29) is 24.6 Å². The van der Waals surface area contributed by atoms with Crippen LogP contribution in [0.2, 0.25) is 0 Å². The number of hydrogen-bond donors (Lipinski definition) is 0. The number of anilines is 1. The van der Waals surface area contributed by atoms with Crippen molar-refractivity contribution in [1.82, 2.24) is 14.8 Å². The van der Waals surface area contributed by atoms with Gasteiger partial charge in [-0.3, -0.25) is 9.69 Å². The van der Waals surface area contributed by atoms with Crippen LogP contribution in [-0.2, 0) is 4.79 Å². The number of rotatable bonds is 6. The van der Waals surface area contributed by atoms with Gasteiger partial charge >= 0.3 is 6.03 Å². The first-order valence-electron chi connectivity index (χ1n) is 9.70. The minimum Gasteiger partial charge on any atom is -0.497 e. The molecule has 29 heavy (non-hydrogen) atoms. The number of hydrogen-bond acceptors (Lipinski definition) is 5. The third-order valence-electron chi connectivity index (χ3n) is 5.23. The zero-order chi connectivity index (χ0) is 20.2. The van der Waals surface area contributed by atoms with Gasteiger partial charge in [-0.2, -0.15) is 0 Å². The second-order valence-electron chi connectivity index (χ2n) is 7.09. The van der Waals surface area contributed by atoms with Crippen molar-refractivity contribution in [2.24, 2.45) is 0 Å². The lowest BCUT2D eigenvalue weighted by molar-refractivity contribution is -0.130. The van der Waals surface area contributed by atoms with Crippen molar-refractivity contribution in [3.8, 4) is 11.6 Å². The summed E-state index contributed by atoms with van der Waals surface area (Å²) < 4.78 is 11.0. The molecular weight excluding hydrogens is 372 g/mol. The number of carbonyl (C=O) groups is 2. The van der Waals surface area contributed by atoms with Crippen LogP contribution in [0, 0.1) is 0 Å². The Balaban J connectivity index is 1.30. The summed E-state index contributed by atoms with van der Waals surface area (Å²) in [7, 11) is 1.60. The van der Waals surface area contributed by atoms with Gasteiger partial charge in [0.25, 0.3) is 0 Å². The van der Waals surface area contributed by atoms with E-state index < -0.39 is 0 Å². The summed E-state index contributed by atoms with van der Waals surface area (Å²) in [5, 5.41) is 0. The summed E-state index contributed by atoms with van der Waals surface area (Å²) in [6, 6.07) is 12.7.